The average Bonchev–Trinajstić information content (AvgIpc) is 2.37. The minimum atomic E-state index is 0.0124. The first-order valence-corrected chi connectivity index (χ1v) is 6.84. The molecule has 0 saturated heterocycles. The zero-order chi connectivity index (χ0) is 14.0. The van der Waals surface area contributed by atoms with Crippen molar-refractivity contribution >= 4 is 40.6 Å². The minimum Gasteiger partial charge on any atom is -0.294 e. The van der Waals surface area contributed by atoms with Crippen molar-refractivity contribution in [2.24, 2.45) is 0 Å². The second kappa shape index (κ2) is 5.96. The Morgan fingerprint density at radius 1 is 1.00 bits per heavy atom. The number of Topliss-reactive ketones (excluding diaryl/α,β-unsaturated/α-hetero) is 1. The normalized spacial score (nSPS) is 10.5. The van der Waals surface area contributed by atoms with Crippen LogP contribution in [0.25, 0.3) is 0 Å². The van der Waals surface area contributed by atoms with E-state index in [1.165, 1.54) is 0 Å². The Labute approximate surface area is 127 Å². The first kappa shape index (κ1) is 14.4. The summed E-state index contributed by atoms with van der Waals surface area (Å²) in [6, 6.07) is 10.5. The Kier molecular flexibility index (Phi) is 4.51. The van der Waals surface area contributed by atoms with Crippen molar-refractivity contribution in [2.45, 2.75) is 13.3 Å². The van der Waals surface area contributed by atoms with E-state index in [1.54, 1.807) is 36.4 Å². The molecule has 0 aliphatic rings. The van der Waals surface area contributed by atoms with Crippen LogP contribution in [0.15, 0.2) is 36.4 Å². The number of carbonyl (C=O) groups excluding carboxylic acids is 1. The van der Waals surface area contributed by atoms with Crippen LogP contribution < -0.4 is 0 Å². The van der Waals surface area contributed by atoms with Gasteiger partial charge in [0.05, 0.1) is 10.0 Å². The monoisotopic (exact) mass is 312 g/mol. The Balaban J connectivity index is 2.26. The molecule has 19 heavy (non-hydrogen) atoms. The fraction of sp³-hybridized carbons (Fsp3) is 0.133. The highest BCUT2D eigenvalue weighted by Gasteiger charge is 2.12. The second-order valence-electron chi connectivity index (χ2n) is 4.26. The number of rotatable bonds is 3. The number of hydrogen-bond donors (Lipinski definition) is 0. The van der Waals surface area contributed by atoms with E-state index in [0.29, 0.717) is 20.6 Å². The third-order valence-electron chi connectivity index (χ3n) is 2.92. The molecular formula is C15H11Cl3O. The van der Waals surface area contributed by atoms with Gasteiger partial charge < -0.3 is 0 Å². The summed E-state index contributed by atoms with van der Waals surface area (Å²) in [6.07, 6.45) is 0.276. The molecule has 4 heteroatoms. The molecule has 0 fully saturated rings. The van der Waals surface area contributed by atoms with E-state index in [4.69, 9.17) is 34.8 Å². The highest BCUT2D eigenvalue weighted by molar-refractivity contribution is 6.42. The SMILES string of the molecule is Cc1c(Cl)cccc1C(=O)Cc1ccc(Cl)c(Cl)c1. The van der Waals surface area contributed by atoms with Crippen LogP contribution in [-0.4, -0.2) is 5.78 Å². The van der Waals surface area contributed by atoms with Gasteiger partial charge in [-0.2, -0.15) is 0 Å². The van der Waals surface area contributed by atoms with Gasteiger partial charge in [0, 0.05) is 17.0 Å². The van der Waals surface area contributed by atoms with Crippen molar-refractivity contribution in [3.63, 3.8) is 0 Å². The van der Waals surface area contributed by atoms with Crippen LogP contribution in [0.4, 0.5) is 0 Å². The van der Waals surface area contributed by atoms with E-state index < -0.39 is 0 Å². The predicted molar refractivity (Wildman–Crippen MR) is 80.7 cm³/mol. The summed E-state index contributed by atoms with van der Waals surface area (Å²) in [5.74, 6) is 0.0124. The fourth-order valence-corrected chi connectivity index (χ4v) is 2.33. The van der Waals surface area contributed by atoms with Crippen LogP contribution in [0, 0.1) is 6.92 Å². The van der Waals surface area contributed by atoms with Crippen molar-refractivity contribution in [3.8, 4) is 0 Å². The minimum absolute atomic E-state index is 0.0124. The van der Waals surface area contributed by atoms with E-state index in [2.05, 4.69) is 0 Å². The molecule has 0 saturated carbocycles. The quantitative estimate of drug-likeness (QED) is 0.695. The lowest BCUT2D eigenvalue weighted by atomic mass is 9.99. The van der Waals surface area contributed by atoms with Gasteiger partial charge in [-0.15, -0.1) is 0 Å². The predicted octanol–water partition coefficient (Wildman–Crippen LogP) is 5.38. The topological polar surface area (TPSA) is 17.1 Å². The molecule has 0 atom stereocenters. The maximum atomic E-state index is 12.2. The maximum absolute atomic E-state index is 12.2. The molecule has 0 aliphatic heterocycles. The number of hydrogen-bond acceptors (Lipinski definition) is 1. The Bertz CT molecular complexity index is 635. The largest absolute Gasteiger partial charge is 0.294 e. The lowest BCUT2D eigenvalue weighted by Gasteiger charge is -2.07. The van der Waals surface area contributed by atoms with E-state index in [-0.39, 0.29) is 12.2 Å². The molecule has 2 aromatic rings. The molecule has 0 amide bonds. The van der Waals surface area contributed by atoms with Crippen LogP contribution in [-0.2, 0) is 6.42 Å². The Morgan fingerprint density at radius 2 is 1.74 bits per heavy atom. The highest BCUT2D eigenvalue weighted by Crippen LogP contribution is 2.24. The van der Waals surface area contributed by atoms with Crippen LogP contribution in [0.1, 0.15) is 21.5 Å². The van der Waals surface area contributed by atoms with Gasteiger partial charge in [-0.3, -0.25) is 4.79 Å². The van der Waals surface area contributed by atoms with E-state index >= 15 is 0 Å². The van der Waals surface area contributed by atoms with Gasteiger partial charge in [-0.05, 0) is 36.2 Å². The van der Waals surface area contributed by atoms with Gasteiger partial charge in [0.2, 0.25) is 0 Å². The smallest absolute Gasteiger partial charge is 0.167 e. The van der Waals surface area contributed by atoms with Gasteiger partial charge in [0.25, 0.3) is 0 Å². The lowest BCUT2D eigenvalue weighted by Crippen LogP contribution is -2.05. The average molecular weight is 314 g/mol. The maximum Gasteiger partial charge on any atom is 0.167 e. The van der Waals surface area contributed by atoms with E-state index in [0.717, 1.165) is 11.1 Å². The summed E-state index contributed by atoms with van der Waals surface area (Å²) >= 11 is 17.8. The van der Waals surface area contributed by atoms with Crippen LogP contribution >= 0.6 is 34.8 Å². The van der Waals surface area contributed by atoms with Crippen molar-refractivity contribution in [3.05, 3.63) is 68.2 Å². The standard InChI is InChI=1S/C15H11Cl3O/c1-9-11(3-2-4-12(9)16)15(19)8-10-5-6-13(17)14(18)7-10/h2-7H,8H2,1H3. The zero-order valence-electron chi connectivity index (χ0n) is 10.2. The number of ketones is 1. The van der Waals surface area contributed by atoms with E-state index in [9.17, 15) is 4.79 Å². The fourth-order valence-electron chi connectivity index (χ4n) is 1.84. The summed E-state index contributed by atoms with van der Waals surface area (Å²) in [4.78, 5) is 12.2. The molecule has 2 rings (SSSR count). The summed E-state index contributed by atoms with van der Waals surface area (Å²) in [5.41, 5.74) is 2.27. The molecule has 0 heterocycles. The molecule has 0 aromatic heterocycles. The molecule has 0 radical (unpaired) electrons. The summed E-state index contributed by atoms with van der Waals surface area (Å²) in [6.45, 7) is 1.84. The van der Waals surface area contributed by atoms with Crippen LogP contribution in [0.5, 0.6) is 0 Å². The van der Waals surface area contributed by atoms with Crippen molar-refractivity contribution < 1.29 is 4.79 Å². The first-order valence-electron chi connectivity index (χ1n) is 5.71. The van der Waals surface area contributed by atoms with Crippen LogP contribution in [0.2, 0.25) is 15.1 Å². The molecule has 2 aromatic carbocycles. The molecule has 0 unspecified atom stereocenters. The van der Waals surface area contributed by atoms with Gasteiger partial charge in [0.1, 0.15) is 0 Å². The van der Waals surface area contributed by atoms with Crippen molar-refractivity contribution in [2.75, 3.05) is 0 Å². The molecule has 0 aliphatic carbocycles. The molecule has 0 N–H and O–H groups in total. The van der Waals surface area contributed by atoms with Crippen molar-refractivity contribution in [1.82, 2.24) is 0 Å². The van der Waals surface area contributed by atoms with Crippen molar-refractivity contribution in [1.29, 1.82) is 0 Å². The number of benzene rings is 2. The summed E-state index contributed by atoms with van der Waals surface area (Å²) in [5, 5.41) is 1.53. The first-order chi connectivity index (χ1) is 8.99. The molecular weight excluding hydrogens is 303 g/mol. The van der Waals surface area contributed by atoms with E-state index in [1.807, 2.05) is 6.92 Å². The Morgan fingerprint density at radius 3 is 2.42 bits per heavy atom. The third kappa shape index (κ3) is 3.30. The Hall–Kier alpha value is -1.02. The zero-order valence-corrected chi connectivity index (χ0v) is 12.5. The third-order valence-corrected chi connectivity index (χ3v) is 4.07. The summed E-state index contributed by atoms with van der Waals surface area (Å²) in [7, 11) is 0. The molecule has 98 valence electrons. The van der Waals surface area contributed by atoms with Gasteiger partial charge in [0.15, 0.2) is 5.78 Å². The number of halogens is 3. The lowest BCUT2D eigenvalue weighted by molar-refractivity contribution is 0.0992. The highest BCUT2D eigenvalue weighted by atomic mass is 35.5. The number of carbonyl (C=O) groups is 1. The van der Waals surface area contributed by atoms with Gasteiger partial charge in [-0.25, -0.2) is 0 Å². The summed E-state index contributed by atoms with van der Waals surface area (Å²) < 4.78 is 0. The molecule has 0 spiro atoms. The van der Waals surface area contributed by atoms with Gasteiger partial charge >= 0.3 is 0 Å². The molecule has 0 bridgehead atoms. The molecule has 1 nitrogen and oxygen atoms in total. The second-order valence-corrected chi connectivity index (χ2v) is 5.48. The van der Waals surface area contributed by atoms with Gasteiger partial charge in [-0.1, -0.05) is 53.0 Å². The van der Waals surface area contributed by atoms with Crippen LogP contribution in [0.3, 0.4) is 0 Å².